The molecule has 7 nitrogen and oxygen atoms in total. The minimum Gasteiger partial charge on any atom is -0.493 e. The van der Waals surface area contributed by atoms with E-state index in [0.717, 1.165) is 21.6 Å². The summed E-state index contributed by atoms with van der Waals surface area (Å²) in [5, 5.41) is 2.46. The molecule has 1 saturated heterocycles. The number of barbiturate groups is 1. The summed E-state index contributed by atoms with van der Waals surface area (Å²) in [6, 6.07) is 17.1. The molecule has 0 saturated carbocycles. The highest BCUT2D eigenvalue weighted by Gasteiger charge is 2.36. The van der Waals surface area contributed by atoms with Crippen LogP contribution in [0.2, 0.25) is 5.02 Å². The number of hydrogen-bond acceptors (Lipinski definition) is 5. The van der Waals surface area contributed by atoms with E-state index in [2.05, 4.69) is 5.32 Å². The van der Waals surface area contributed by atoms with Crippen LogP contribution >= 0.6 is 11.6 Å². The number of carbonyl (C=O) groups is 3. The first kappa shape index (κ1) is 24.0. The van der Waals surface area contributed by atoms with Crippen LogP contribution in [-0.2, 0) is 16.2 Å². The number of nitrogens with one attached hydrogen (secondary N) is 1. The van der Waals surface area contributed by atoms with Crippen molar-refractivity contribution in [2.45, 2.75) is 20.5 Å². The lowest BCUT2D eigenvalue weighted by Crippen LogP contribution is -2.54. The summed E-state index contributed by atoms with van der Waals surface area (Å²) in [6.45, 7) is 4.17. The van der Waals surface area contributed by atoms with Gasteiger partial charge >= 0.3 is 6.03 Å². The molecule has 0 atom stereocenters. The maximum absolute atomic E-state index is 13.1. The number of hydrogen-bond donors (Lipinski definition) is 1. The van der Waals surface area contributed by atoms with E-state index in [0.29, 0.717) is 22.7 Å². The predicted octanol–water partition coefficient (Wildman–Crippen LogP) is 5.21. The topological polar surface area (TPSA) is 84.9 Å². The zero-order valence-electron chi connectivity index (χ0n) is 19.4. The molecule has 1 aliphatic rings. The second-order valence-electron chi connectivity index (χ2n) is 8.11. The largest absolute Gasteiger partial charge is 0.493 e. The normalized spacial score (nSPS) is 14.8. The number of nitrogens with zero attached hydrogens (tertiary/aromatic N) is 1. The Morgan fingerprint density at radius 3 is 2.40 bits per heavy atom. The van der Waals surface area contributed by atoms with Gasteiger partial charge in [-0.25, -0.2) is 9.69 Å². The Labute approximate surface area is 207 Å². The summed E-state index contributed by atoms with van der Waals surface area (Å²) in [7, 11) is 1.47. The number of aryl methyl sites for hydroxylation is 2. The van der Waals surface area contributed by atoms with Crippen molar-refractivity contribution in [1.29, 1.82) is 0 Å². The molecule has 4 rings (SSSR count). The molecule has 8 heteroatoms. The second kappa shape index (κ2) is 10.0. The molecule has 0 spiro atoms. The lowest BCUT2D eigenvalue weighted by molar-refractivity contribution is -0.122. The van der Waals surface area contributed by atoms with Gasteiger partial charge in [-0.2, -0.15) is 0 Å². The van der Waals surface area contributed by atoms with E-state index in [4.69, 9.17) is 21.1 Å². The molecular weight excluding hydrogens is 468 g/mol. The molecule has 0 bridgehead atoms. The highest BCUT2D eigenvalue weighted by molar-refractivity contribution is 6.39. The highest BCUT2D eigenvalue weighted by atomic mass is 35.5. The van der Waals surface area contributed by atoms with Crippen molar-refractivity contribution in [3.63, 3.8) is 0 Å². The molecule has 0 unspecified atom stereocenters. The lowest BCUT2D eigenvalue weighted by atomic mass is 10.1. The van der Waals surface area contributed by atoms with Gasteiger partial charge in [-0.1, -0.05) is 59.1 Å². The van der Waals surface area contributed by atoms with E-state index in [1.54, 1.807) is 36.4 Å². The first-order valence-electron chi connectivity index (χ1n) is 10.8. The highest BCUT2D eigenvalue weighted by Crippen LogP contribution is 2.38. The summed E-state index contributed by atoms with van der Waals surface area (Å²) in [6.07, 6.45) is 1.37. The van der Waals surface area contributed by atoms with Crippen LogP contribution in [0.1, 0.15) is 22.3 Å². The van der Waals surface area contributed by atoms with Crippen molar-refractivity contribution in [1.82, 2.24) is 5.32 Å². The second-order valence-corrected chi connectivity index (χ2v) is 8.51. The molecule has 0 aliphatic carbocycles. The maximum Gasteiger partial charge on any atom is 0.335 e. The Morgan fingerprint density at radius 2 is 1.71 bits per heavy atom. The average Bonchev–Trinajstić information content (AvgIpc) is 2.82. The van der Waals surface area contributed by atoms with Gasteiger partial charge in [-0.3, -0.25) is 14.9 Å². The molecule has 3 aromatic rings. The van der Waals surface area contributed by atoms with E-state index in [1.165, 1.54) is 13.2 Å². The van der Waals surface area contributed by atoms with Crippen molar-refractivity contribution < 1.29 is 23.9 Å². The third-order valence-electron chi connectivity index (χ3n) is 5.42. The molecule has 1 heterocycles. The van der Waals surface area contributed by atoms with Gasteiger partial charge in [0.05, 0.1) is 17.8 Å². The Balaban J connectivity index is 1.64. The minimum atomic E-state index is -0.809. The number of ether oxygens (including phenoxy) is 2. The molecule has 4 amide bonds. The molecular formula is C27H23ClN2O5. The van der Waals surface area contributed by atoms with Gasteiger partial charge in [0.2, 0.25) is 0 Å². The number of benzene rings is 3. The van der Waals surface area contributed by atoms with Gasteiger partial charge in [-0.05, 0) is 55.3 Å². The van der Waals surface area contributed by atoms with Crippen molar-refractivity contribution in [3.05, 3.63) is 93.5 Å². The molecule has 1 fully saturated rings. The summed E-state index contributed by atoms with van der Waals surface area (Å²) >= 11 is 6.48. The third-order valence-corrected chi connectivity index (χ3v) is 5.70. The summed E-state index contributed by atoms with van der Waals surface area (Å²) in [5.41, 5.74) is 3.63. The smallest absolute Gasteiger partial charge is 0.335 e. The molecule has 3 aromatic carbocycles. The van der Waals surface area contributed by atoms with Crippen LogP contribution in [0, 0.1) is 13.8 Å². The third kappa shape index (κ3) is 5.20. The van der Waals surface area contributed by atoms with Gasteiger partial charge < -0.3 is 9.47 Å². The zero-order valence-corrected chi connectivity index (χ0v) is 20.2. The van der Waals surface area contributed by atoms with E-state index in [9.17, 15) is 14.4 Å². The minimum absolute atomic E-state index is 0.211. The zero-order chi connectivity index (χ0) is 25.1. The molecule has 0 radical (unpaired) electrons. The van der Waals surface area contributed by atoms with Gasteiger partial charge in [0.1, 0.15) is 12.2 Å². The number of urea groups is 1. The Morgan fingerprint density at radius 1 is 0.971 bits per heavy atom. The Hall–Kier alpha value is -4.10. The quantitative estimate of drug-likeness (QED) is 0.378. The van der Waals surface area contributed by atoms with Crippen LogP contribution in [0.3, 0.4) is 0 Å². The van der Waals surface area contributed by atoms with Crippen molar-refractivity contribution in [2.75, 3.05) is 12.0 Å². The SMILES string of the molecule is COc1cc(/C=C2\C(=O)NC(=O)N(c3ccc(C)cc3)C2=O)cc(Cl)c1OCc1cccc(C)c1. The number of methoxy groups -OCH3 is 1. The molecule has 35 heavy (non-hydrogen) atoms. The van der Waals surface area contributed by atoms with Gasteiger partial charge in [0.15, 0.2) is 11.5 Å². The number of imide groups is 2. The van der Waals surface area contributed by atoms with E-state index >= 15 is 0 Å². The van der Waals surface area contributed by atoms with Crippen LogP contribution in [0.15, 0.2) is 66.2 Å². The summed E-state index contributed by atoms with van der Waals surface area (Å²) in [4.78, 5) is 38.9. The van der Waals surface area contributed by atoms with Crippen LogP contribution in [0.4, 0.5) is 10.5 Å². The van der Waals surface area contributed by atoms with Crippen LogP contribution in [0.5, 0.6) is 11.5 Å². The molecule has 178 valence electrons. The number of amides is 4. The number of rotatable bonds is 6. The number of anilines is 1. The van der Waals surface area contributed by atoms with Gasteiger partial charge in [0, 0.05) is 0 Å². The number of carbonyl (C=O) groups excluding carboxylic acids is 3. The molecule has 1 aliphatic heterocycles. The average molecular weight is 491 g/mol. The van der Waals surface area contributed by atoms with E-state index < -0.39 is 17.8 Å². The van der Waals surface area contributed by atoms with Crippen LogP contribution < -0.4 is 19.7 Å². The maximum atomic E-state index is 13.1. The van der Waals surface area contributed by atoms with Crippen LogP contribution in [-0.4, -0.2) is 25.0 Å². The predicted molar refractivity (Wildman–Crippen MR) is 134 cm³/mol. The summed E-state index contributed by atoms with van der Waals surface area (Å²) in [5.74, 6) is -0.850. The van der Waals surface area contributed by atoms with Gasteiger partial charge in [-0.15, -0.1) is 0 Å². The monoisotopic (exact) mass is 490 g/mol. The lowest BCUT2D eigenvalue weighted by Gasteiger charge is -2.26. The Kier molecular flexibility index (Phi) is 6.89. The Bertz CT molecular complexity index is 1350. The van der Waals surface area contributed by atoms with E-state index in [-0.39, 0.29) is 17.2 Å². The standard InChI is InChI=1S/C27H23ClN2O5/c1-16-7-9-20(10-8-16)30-26(32)21(25(31)29-27(30)33)12-19-13-22(28)24(23(14-19)34-3)35-15-18-6-4-5-17(2)11-18/h4-14H,15H2,1-3H3,(H,29,31,33)/b21-12+. The fourth-order valence-corrected chi connectivity index (χ4v) is 3.95. The number of halogens is 1. The molecule has 1 N–H and O–H groups in total. The fourth-order valence-electron chi connectivity index (χ4n) is 3.67. The van der Waals surface area contributed by atoms with Crippen molar-refractivity contribution in [2.24, 2.45) is 0 Å². The fraction of sp³-hybridized carbons (Fsp3) is 0.148. The van der Waals surface area contributed by atoms with Gasteiger partial charge in [0.25, 0.3) is 11.8 Å². The summed E-state index contributed by atoms with van der Waals surface area (Å²) < 4.78 is 11.4. The molecule has 0 aromatic heterocycles. The van der Waals surface area contributed by atoms with Crippen molar-refractivity contribution >= 4 is 41.2 Å². The van der Waals surface area contributed by atoms with Crippen LogP contribution in [0.25, 0.3) is 6.08 Å². The van der Waals surface area contributed by atoms with Crippen molar-refractivity contribution in [3.8, 4) is 11.5 Å². The first-order chi connectivity index (χ1) is 16.8. The first-order valence-corrected chi connectivity index (χ1v) is 11.2. The van der Waals surface area contributed by atoms with E-state index in [1.807, 2.05) is 38.1 Å².